The lowest BCUT2D eigenvalue weighted by Crippen LogP contribution is -2.04. The Morgan fingerprint density at radius 3 is 2.43 bits per heavy atom. The van der Waals surface area contributed by atoms with Crippen LogP contribution < -0.4 is 5.32 Å². The van der Waals surface area contributed by atoms with Crippen molar-refractivity contribution in [2.75, 3.05) is 11.6 Å². The highest BCUT2D eigenvalue weighted by Gasteiger charge is 2.11. The highest BCUT2D eigenvalue weighted by atomic mass is 79.9. The molecule has 21 heavy (non-hydrogen) atoms. The van der Waals surface area contributed by atoms with Crippen LogP contribution in [0.5, 0.6) is 0 Å². The van der Waals surface area contributed by atoms with Crippen molar-refractivity contribution < 1.29 is 17.2 Å². The zero-order valence-corrected chi connectivity index (χ0v) is 13.4. The fourth-order valence-electron chi connectivity index (χ4n) is 1.72. The van der Waals surface area contributed by atoms with Crippen LogP contribution in [0.2, 0.25) is 0 Å². The van der Waals surface area contributed by atoms with Crippen molar-refractivity contribution in [2.45, 2.75) is 11.4 Å². The van der Waals surface area contributed by atoms with E-state index in [-0.39, 0.29) is 17.1 Å². The Hall–Kier alpha value is -1.47. The number of rotatable bonds is 4. The van der Waals surface area contributed by atoms with Gasteiger partial charge in [-0.25, -0.2) is 17.2 Å². The molecule has 0 amide bonds. The lowest BCUT2D eigenvalue weighted by atomic mass is 10.2. The van der Waals surface area contributed by atoms with Crippen molar-refractivity contribution in [3.63, 3.8) is 0 Å². The lowest BCUT2D eigenvalue weighted by molar-refractivity contribution is 0.600. The summed E-state index contributed by atoms with van der Waals surface area (Å²) in [6, 6.07) is 8.05. The SMILES string of the molecule is CS(=O)(=O)c1ccc(F)c(NCc2ccc(Br)c(F)c2)c1. The van der Waals surface area contributed by atoms with Gasteiger partial charge in [0.05, 0.1) is 15.1 Å². The monoisotopic (exact) mass is 375 g/mol. The molecular formula is C14H12BrF2NO2S. The van der Waals surface area contributed by atoms with Crippen LogP contribution in [0.15, 0.2) is 45.8 Å². The molecule has 0 fully saturated rings. The predicted octanol–water partition coefficient (Wildman–Crippen LogP) is 3.74. The van der Waals surface area contributed by atoms with Crippen molar-refractivity contribution in [3.05, 3.63) is 58.1 Å². The van der Waals surface area contributed by atoms with Crippen LogP contribution in [-0.4, -0.2) is 14.7 Å². The van der Waals surface area contributed by atoms with Gasteiger partial charge in [0.1, 0.15) is 11.6 Å². The van der Waals surface area contributed by atoms with Crippen LogP contribution in [0, 0.1) is 11.6 Å². The molecule has 0 saturated heterocycles. The second kappa shape index (κ2) is 6.11. The van der Waals surface area contributed by atoms with Crippen LogP contribution >= 0.6 is 15.9 Å². The van der Waals surface area contributed by atoms with E-state index in [1.807, 2.05) is 0 Å². The van der Waals surface area contributed by atoms with Gasteiger partial charge in [0, 0.05) is 12.8 Å². The molecule has 112 valence electrons. The fourth-order valence-corrected chi connectivity index (χ4v) is 2.61. The first-order valence-electron chi connectivity index (χ1n) is 5.95. The largest absolute Gasteiger partial charge is 0.379 e. The highest BCUT2D eigenvalue weighted by molar-refractivity contribution is 9.10. The summed E-state index contributed by atoms with van der Waals surface area (Å²) in [5.74, 6) is -0.986. The Kier molecular flexibility index (Phi) is 4.63. The smallest absolute Gasteiger partial charge is 0.175 e. The maximum atomic E-state index is 13.7. The summed E-state index contributed by atoms with van der Waals surface area (Å²) in [7, 11) is -3.41. The summed E-state index contributed by atoms with van der Waals surface area (Å²) < 4.78 is 50.3. The summed E-state index contributed by atoms with van der Waals surface area (Å²) in [4.78, 5) is 0.0217. The second-order valence-electron chi connectivity index (χ2n) is 4.52. The summed E-state index contributed by atoms with van der Waals surface area (Å²) in [6.07, 6.45) is 1.05. The van der Waals surface area contributed by atoms with E-state index < -0.39 is 21.5 Å². The molecule has 0 radical (unpaired) electrons. The van der Waals surface area contributed by atoms with Gasteiger partial charge in [-0.3, -0.25) is 0 Å². The first kappa shape index (κ1) is 15.9. The van der Waals surface area contributed by atoms with Gasteiger partial charge in [0.25, 0.3) is 0 Å². The molecule has 0 aliphatic heterocycles. The second-order valence-corrected chi connectivity index (χ2v) is 7.39. The van der Waals surface area contributed by atoms with E-state index in [2.05, 4.69) is 21.2 Å². The summed E-state index contributed by atoms with van der Waals surface area (Å²) in [5, 5.41) is 2.77. The van der Waals surface area contributed by atoms with Gasteiger partial charge in [-0.05, 0) is 51.8 Å². The minimum absolute atomic E-state index is 0.0217. The topological polar surface area (TPSA) is 46.2 Å². The Balaban J connectivity index is 2.21. The molecule has 1 N–H and O–H groups in total. The molecule has 0 aromatic heterocycles. The Labute approximate surface area is 130 Å². The quantitative estimate of drug-likeness (QED) is 0.827. The third kappa shape index (κ3) is 4.01. The predicted molar refractivity (Wildman–Crippen MR) is 80.9 cm³/mol. The summed E-state index contributed by atoms with van der Waals surface area (Å²) >= 11 is 3.05. The van der Waals surface area contributed by atoms with E-state index in [9.17, 15) is 17.2 Å². The minimum Gasteiger partial charge on any atom is -0.379 e. The first-order valence-corrected chi connectivity index (χ1v) is 8.63. The van der Waals surface area contributed by atoms with Crippen molar-refractivity contribution in [1.29, 1.82) is 0 Å². The number of sulfone groups is 1. The normalized spacial score (nSPS) is 11.4. The van der Waals surface area contributed by atoms with Gasteiger partial charge in [-0.15, -0.1) is 0 Å². The van der Waals surface area contributed by atoms with Gasteiger partial charge in [0.15, 0.2) is 9.84 Å². The lowest BCUT2D eigenvalue weighted by Gasteiger charge is -2.09. The molecule has 0 spiro atoms. The average Bonchev–Trinajstić information content (AvgIpc) is 2.40. The molecule has 3 nitrogen and oxygen atoms in total. The minimum atomic E-state index is -3.41. The zero-order valence-electron chi connectivity index (χ0n) is 11.0. The number of hydrogen-bond donors (Lipinski definition) is 1. The van der Waals surface area contributed by atoms with E-state index in [1.165, 1.54) is 18.2 Å². The van der Waals surface area contributed by atoms with Gasteiger partial charge >= 0.3 is 0 Å². The van der Waals surface area contributed by atoms with Crippen molar-refractivity contribution >= 4 is 31.5 Å². The van der Waals surface area contributed by atoms with Gasteiger partial charge in [0.2, 0.25) is 0 Å². The average molecular weight is 376 g/mol. The summed E-state index contributed by atoms with van der Waals surface area (Å²) in [6.45, 7) is 0.175. The van der Waals surface area contributed by atoms with Crippen LogP contribution in [0.3, 0.4) is 0 Å². The molecule has 7 heteroatoms. The molecule has 0 aliphatic rings. The van der Waals surface area contributed by atoms with Crippen LogP contribution in [-0.2, 0) is 16.4 Å². The first-order chi connectivity index (χ1) is 9.77. The van der Waals surface area contributed by atoms with Crippen LogP contribution in [0.25, 0.3) is 0 Å². The molecule has 2 rings (SSSR count). The number of halogens is 3. The van der Waals surface area contributed by atoms with E-state index in [0.29, 0.717) is 10.0 Å². The molecule has 2 aromatic rings. The van der Waals surface area contributed by atoms with E-state index in [4.69, 9.17) is 0 Å². The maximum absolute atomic E-state index is 13.7. The Morgan fingerprint density at radius 2 is 1.81 bits per heavy atom. The van der Waals surface area contributed by atoms with E-state index in [0.717, 1.165) is 12.3 Å². The van der Waals surface area contributed by atoms with E-state index in [1.54, 1.807) is 12.1 Å². The standard InChI is InChI=1S/C14H12BrF2NO2S/c1-21(19,20)10-3-5-12(16)14(7-10)18-8-9-2-4-11(15)13(17)6-9/h2-7,18H,8H2,1H3. The molecule has 0 saturated carbocycles. The molecule has 2 aromatic carbocycles. The Morgan fingerprint density at radius 1 is 1.10 bits per heavy atom. The van der Waals surface area contributed by atoms with Crippen LogP contribution in [0.1, 0.15) is 5.56 Å². The molecule has 0 atom stereocenters. The third-order valence-corrected chi connectivity index (χ3v) is 4.59. The third-order valence-electron chi connectivity index (χ3n) is 2.83. The van der Waals surface area contributed by atoms with Crippen molar-refractivity contribution in [2.24, 2.45) is 0 Å². The van der Waals surface area contributed by atoms with Gasteiger partial charge in [-0.2, -0.15) is 0 Å². The molecule has 0 unspecified atom stereocenters. The number of nitrogens with one attached hydrogen (secondary N) is 1. The van der Waals surface area contributed by atoms with Crippen LogP contribution in [0.4, 0.5) is 14.5 Å². The van der Waals surface area contributed by atoms with Crippen molar-refractivity contribution in [3.8, 4) is 0 Å². The fraction of sp³-hybridized carbons (Fsp3) is 0.143. The molecular weight excluding hydrogens is 364 g/mol. The van der Waals surface area contributed by atoms with Gasteiger partial charge in [-0.1, -0.05) is 6.07 Å². The van der Waals surface area contributed by atoms with Crippen molar-refractivity contribution in [1.82, 2.24) is 0 Å². The zero-order chi connectivity index (χ0) is 15.6. The molecule has 0 heterocycles. The van der Waals surface area contributed by atoms with E-state index >= 15 is 0 Å². The summed E-state index contributed by atoms with van der Waals surface area (Å²) in [5.41, 5.74) is 0.668. The number of anilines is 1. The maximum Gasteiger partial charge on any atom is 0.175 e. The Bertz CT molecular complexity index is 779. The molecule has 0 bridgehead atoms. The molecule has 0 aliphatic carbocycles. The number of hydrogen-bond acceptors (Lipinski definition) is 3. The number of benzene rings is 2. The van der Waals surface area contributed by atoms with Gasteiger partial charge < -0.3 is 5.32 Å². The highest BCUT2D eigenvalue weighted by Crippen LogP contribution is 2.21.